The van der Waals surface area contributed by atoms with Crippen molar-refractivity contribution < 1.29 is 4.74 Å². The van der Waals surface area contributed by atoms with Crippen LogP contribution >= 0.6 is 0 Å². The van der Waals surface area contributed by atoms with Gasteiger partial charge in [0.2, 0.25) is 0 Å². The fourth-order valence-corrected chi connectivity index (χ4v) is 3.20. The minimum absolute atomic E-state index is 0.917. The molecular formula is C31H37NO. The van der Waals surface area contributed by atoms with Crippen LogP contribution < -0.4 is 9.64 Å². The Hall–Kier alpha value is -3.52. The van der Waals surface area contributed by atoms with Crippen LogP contribution in [0.2, 0.25) is 0 Å². The largest absolute Gasteiger partial charge is 0.497 e. The Morgan fingerprint density at radius 2 is 0.667 bits per heavy atom. The molecule has 0 bridgehead atoms. The molecule has 4 aromatic carbocycles. The quantitative estimate of drug-likeness (QED) is 0.314. The Bertz CT molecular complexity index is 956. The number of benzene rings is 4. The first kappa shape index (κ1) is 25.7. The van der Waals surface area contributed by atoms with Crippen molar-refractivity contribution in [1.29, 1.82) is 0 Å². The zero-order chi connectivity index (χ0) is 24.2. The molecule has 0 fully saturated rings. The van der Waals surface area contributed by atoms with Crippen LogP contribution in [0, 0.1) is 27.7 Å². The Balaban J connectivity index is 0.000000293. The Morgan fingerprint density at radius 3 is 0.909 bits per heavy atom. The maximum Gasteiger partial charge on any atom is 0.118 e. The van der Waals surface area contributed by atoms with Crippen molar-refractivity contribution in [2.45, 2.75) is 41.5 Å². The summed E-state index contributed by atoms with van der Waals surface area (Å²) in [5.41, 5.74) is 8.62. The van der Waals surface area contributed by atoms with Gasteiger partial charge in [-0.2, -0.15) is 0 Å². The topological polar surface area (TPSA) is 12.5 Å². The fraction of sp³-hybridized carbons (Fsp3) is 0.226. The predicted molar refractivity (Wildman–Crippen MR) is 144 cm³/mol. The van der Waals surface area contributed by atoms with E-state index in [2.05, 4.69) is 105 Å². The summed E-state index contributed by atoms with van der Waals surface area (Å²) in [5, 5.41) is 0. The number of hydrogen-bond acceptors (Lipinski definition) is 2. The van der Waals surface area contributed by atoms with Gasteiger partial charge in [0.05, 0.1) is 7.11 Å². The van der Waals surface area contributed by atoms with Gasteiger partial charge < -0.3 is 9.64 Å². The summed E-state index contributed by atoms with van der Waals surface area (Å²) in [7, 11) is 1.67. The number of methoxy groups -OCH3 is 1. The van der Waals surface area contributed by atoms with Crippen LogP contribution in [0.25, 0.3) is 0 Å². The average molecular weight is 440 g/mol. The summed E-state index contributed by atoms with van der Waals surface area (Å²) >= 11 is 0. The van der Waals surface area contributed by atoms with Crippen molar-refractivity contribution in [1.82, 2.24) is 0 Å². The molecule has 172 valence electrons. The molecule has 0 aromatic heterocycles. The van der Waals surface area contributed by atoms with E-state index in [0.29, 0.717) is 0 Å². The SMILES string of the molecule is CC.COc1ccc(C)cc1.Cc1ccc(N(c2ccc(C)cc2)c2ccc(C)cc2)cc1. The van der Waals surface area contributed by atoms with Crippen LogP contribution in [-0.4, -0.2) is 7.11 Å². The van der Waals surface area contributed by atoms with E-state index in [1.54, 1.807) is 7.11 Å². The fourth-order valence-electron chi connectivity index (χ4n) is 3.20. The Labute approximate surface area is 200 Å². The van der Waals surface area contributed by atoms with Crippen molar-refractivity contribution in [2.24, 2.45) is 0 Å². The lowest BCUT2D eigenvalue weighted by molar-refractivity contribution is 0.414. The lowest BCUT2D eigenvalue weighted by Crippen LogP contribution is -2.09. The number of anilines is 3. The molecule has 0 unspecified atom stereocenters. The van der Waals surface area contributed by atoms with Gasteiger partial charge in [0, 0.05) is 17.1 Å². The normalized spacial score (nSPS) is 9.67. The molecule has 0 N–H and O–H groups in total. The van der Waals surface area contributed by atoms with Crippen LogP contribution in [0.5, 0.6) is 5.75 Å². The smallest absolute Gasteiger partial charge is 0.118 e. The summed E-state index contributed by atoms with van der Waals surface area (Å²) in [4.78, 5) is 2.29. The van der Waals surface area contributed by atoms with Crippen LogP contribution in [0.15, 0.2) is 97.1 Å². The molecule has 0 saturated heterocycles. The molecular weight excluding hydrogens is 402 g/mol. The lowest BCUT2D eigenvalue weighted by atomic mass is 10.1. The van der Waals surface area contributed by atoms with E-state index in [9.17, 15) is 0 Å². The highest BCUT2D eigenvalue weighted by Gasteiger charge is 2.11. The van der Waals surface area contributed by atoms with Gasteiger partial charge in [-0.3, -0.25) is 0 Å². The van der Waals surface area contributed by atoms with Gasteiger partial charge in [-0.15, -0.1) is 0 Å². The maximum absolute atomic E-state index is 4.97. The monoisotopic (exact) mass is 439 g/mol. The lowest BCUT2D eigenvalue weighted by Gasteiger charge is -2.25. The minimum atomic E-state index is 0.917. The van der Waals surface area contributed by atoms with E-state index < -0.39 is 0 Å². The van der Waals surface area contributed by atoms with Gasteiger partial charge in [0.15, 0.2) is 0 Å². The summed E-state index contributed by atoms with van der Waals surface area (Å²) in [6.07, 6.45) is 0. The number of rotatable bonds is 4. The van der Waals surface area contributed by atoms with Crippen molar-refractivity contribution >= 4 is 17.1 Å². The molecule has 0 radical (unpaired) electrons. The third kappa shape index (κ3) is 7.84. The first-order chi connectivity index (χ1) is 16.0. The number of nitrogens with zero attached hydrogens (tertiary/aromatic N) is 1. The van der Waals surface area contributed by atoms with Gasteiger partial charge >= 0.3 is 0 Å². The van der Waals surface area contributed by atoms with Crippen LogP contribution in [0.4, 0.5) is 17.1 Å². The molecule has 4 rings (SSSR count). The molecule has 33 heavy (non-hydrogen) atoms. The van der Waals surface area contributed by atoms with E-state index in [1.807, 2.05) is 38.1 Å². The van der Waals surface area contributed by atoms with E-state index >= 15 is 0 Å². The first-order valence-electron chi connectivity index (χ1n) is 11.6. The van der Waals surface area contributed by atoms with Gasteiger partial charge in [-0.1, -0.05) is 84.6 Å². The summed E-state index contributed by atoms with van der Waals surface area (Å²) in [5.74, 6) is 0.917. The second-order valence-electron chi connectivity index (χ2n) is 7.86. The first-order valence-corrected chi connectivity index (χ1v) is 11.6. The zero-order valence-corrected chi connectivity index (χ0v) is 21.1. The van der Waals surface area contributed by atoms with Crippen molar-refractivity contribution in [3.05, 3.63) is 119 Å². The third-order valence-corrected chi connectivity index (χ3v) is 5.13. The highest BCUT2D eigenvalue weighted by molar-refractivity contribution is 5.76. The second-order valence-corrected chi connectivity index (χ2v) is 7.86. The van der Waals surface area contributed by atoms with E-state index in [1.165, 1.54) is 39.3 Å². The van der Waals surface area contributed by atoms with Gasteiger partial charge in [0.1, 0.15) is 5.75 Å². The molecule has 0 spiro atoms. The van der Waals surface area contributed by atoms with Crippen molar-refractivity contribution in [3.8, 4) is 5.75 Å². The molecule has 2 heteroatoms. The highest BCUT2D eigenvalue weighted by Crippen LogP contribution is 2.34. The molecule has 0 aliphatic heterocycles. The summed E-state index contributed by atoms with van der Waals surface area (Å²) in [6, 6.07) is 34.0. The van der Waals surface area contributed by atoms with Crippen LogP contribution in [0.1, 0.15) is 36.1 Å². The Morgan fingerprint density at radius 1 is 0.424 bits per heavy atom. The molecule has 0 aliphatic rings. The van der Waals surface area contributed by atoms with Crippen molar-refractivity contribution in [3.63, 3.8) is 0 Å². The number of ether oxygens (including phenoxy) is 1. The molecule has 0 saturated carbocycles. The van der Waals surface area contributed by atoms with Gasteiger partial charge in [-0.05, 0) is 76.2 Å². The number of hydrogen-bond donors (Lipinski definition) is 0. The molecule has 0 atom stereocenters. The standard InChI is InChI=1S/C21H21N.C8H10O.C2H6/c1-16-4-10-19(11-5-16)22(20-12-6-17(2)7-13-20)21-14-8-18(3)9-15-21;1-7-3-5-8(9-2)6-4-7;1-2/h4-15H,1-3H3;3-6H,1-2H3;1-2H3. The second kappa shape index (κ2) is 13.1. The molecule has 0 aliphatic carbocycles. The third-order valence-electron chi connectivity index (χ3n) is 5.13. The zero-order valence-electron chi connectivity index (χ0n) is 21.1. The average Bonchev–Trinajstić information content (AvgIpc) is 2.85. The Kier molecular flexibility index (Phi) is 10.2. The van der Waals surface area contributed by atoms with Crippen molar-refractivity contribution in [2.75, 3.05) is 12.0 Å². The number of aryl methyl sites for hydroxylation is 4. The summed E-state index contributed by atoms with van der Waals surface area (Å²) in [6.45, 7) is 12.4. The van der Waals surface area contributed by atoms with E-state index in [-0.39, 0.29) is 0 Å². The molecule has 4 aromatic rings. The van der Waals surface area contributed by atoms with E-state index in [0.717, 1.165) is 5.75 Å². The molecule has 0 amide bonds. The predicted octanol–water partition coefficient (Wildman–Crippen LogP) is 9.11. The van der Waals surface area contributed by atoms with Gasteiger partial charge in [-0.25, -0.2) is 0 Å². The highest BCUT2D eigenvalue weighted by atomic mass is 16.5. The van der Waals surface area contributed by atoms with Crippen LogP contribution in [0.3, 0.4) is 0 Å². The maximum atomic E-state index is 4.97. The van der Waals surface area contributed by atoms with Crippen LogP contribution in [-0.2, 0) is 0 Å². The molecule has 2 nitrogen and oxygen atoms in total. The summed E-state index contributed by atoms with van der Waals surface area (Å²) < 4.78 is 4.97. The minimum Gasteiger partial charge on any atom is -0.497 e. The van der Waals surface area contributed by atoms with E-state index in [4.69, 9.17) is 4.74 Å². The molecule has 0 heterocycles. The van der Waals surface area contributed by atoms with Gasteiger partial charge in [0.25, 0.3) is 0 Å².